The average Bonchev–Trinajstić information content (AvgIpc) is 2.47. The van der Waals surface area contributed by atoms with Gasteiger partial charge >= 0.3 is 0 Å². The second-order valence-corrected chi connectivity index (χ2v) is 5.50. The highest BCUT2D eigenvalue weighted by Gasteiger charge is 2.23. The van der Waals surface area contributed by atoms with E-state index in [1.807, 2.05) is 0 Å². The van der Waals surface area contributed by atoms with Crippen molar-refractivity contribution in [1.29, 1.82) is 0 Å². The van der Waals surface area contributed by atoms with E-state index in [0.29, 0.717) is 24.4 Å². The topological polar surface area (TPSA) is 53.0 Å². The van der Waals surface area contributed by atoms with Crippen molar-refractivity contribution in [3.8, 4) is 11.5 Å². The molecule has 0 unspecified atom stereocenters. The minimum Gasteiger partial charge on any atom is -0.507 e. The van der Waals surface area contributed by atoms with E-state index in [4.69, 9.17) is 4.74 Å². The number of phenols is 1. The van der Waals surface area contributed by atoms with E-state index in [-0.39, 0.29) is 11.7 Å². The number of aromatic hydroxyl groups is 1. The van der Waals surface area contributed by atoms with Crippen LogP contribution in [-0.2, 0) is 0 Å². The largest absolute Gasteiger partial charge is 0.507 e. The molecule has 6 heteroatoms. The summed E-state index contributed by atoms with van der Waals surface area (Å²) in [5.41, 5.74) is 0.333. The lowest BCUT2D eigenvalue weighted by atomic mass is 10.1. The van der Waals surface area contributed by atoms with Gasteiger partial charge in [-0.25, -0.2) is 0 Å². The zero-order valence-electron chi connectivity index (χ0n) is 11.5. The standard InChI is InChI=1S/C14H19BrN2O3/c1-20-11-2-3-12(13(18)10-11)14(19)17-8-6-16(5-4-15)7-9-17/h2-3,10,18H,4-9H2,1H3. The van der Waals surface area contributed by atoms with Crippen LogP contribution in [0.2, 0.25) is 0 Å². The number of carbonyl (C=O) groups excluding carboxylic acids is 1. The Morgan fingerprint density at radius 1 is 1.35 bits per heavy atom. The molecule has 110 valence electrons. The van der Waals surface area contributed by atoms with Gasteiger partial charge in [0.25, 0.3) is 5.91 Å². The third kappa shape index (κ3) is 3.43. The van der Waals surface area contributed by atoms with E-state index >= 15 is 0 Å². The first-order chi connectivity index (χ1) is 9.65. The van der Waals surface area contributed by atoms with Crippen LogP contribution < -0.4 is 4.74 Å². The zero-order valence-corrected chi connectivity index (χ0v) is 13.1. The number of halogens is 1. The number of amides is 1. The molecule has 20 heavy (non-hydrogen) atoms. The number of nitrogens with zero attached hydrogens (tertiary/aromatic N) is 2. The molecule has 0 aliphatic carbocycles. The molecule has 1 amide bonds. The van der Waals surface area contributed by atoms with Gasteiger partial charge in [0.1, 0.15) is 11.5 Å². The Morgan fingerprint density at radius 2 is 2.05 bits per heavy atom. The van der Waals surface area contributed by atoms with Crippen molar-refractivity contribution in [3.63, 3.8) is 0 Å². The maximum atomic E-state index is 12.4. The maximum absolute atomic E-state index is 12.4. The van der Waals surface area contributed by atoms with Crippen molar-refractivity contribution in [2.45, 2.75) is 0 Å². The summed E-state index contributed by atoms with van der Waals surface area (Å²) in [7, 11) is 1.53. The highest BCUT2D eigenvalue weighted by Crippen LogP contribution is 2.24. The molecule has 1 saturated heterocycles. The molecule has 0 spiro atoms. The number of alkyl halides is 1. The number of phenolic OH excluding ortho intramolecular Hbond substituents is 1. The summed E-state index contributed by atoms with van der Waals surface area (Å²) in [6, 6.07) is 4.77. The smallest absolute Gasteiger partial charge is 0.257 e. The van der Waals surface area contributed by atoms with Crippen molar-refractivity contribution in [1.82, 2.24) is 9.80 Å². The lowest BCUT2D eigenvalue weighted by Gasteiger charge is -2.34. The van der Waals surface area contributed by atoms with Crippen LogP contribution in [0, 0.1) is 0 Å². The van der Waals surface area contributed by atoms with Gasteiger partial charge in [0.05, 0.1) is 12.7 Å². The summed E-state index contributed by atoms with van der Waals surface area (Å²) in [6.45, 7) is 4.12. The van der Waals surface area contributed by atoms with Crippen LogP contribution in [0.15, 0.2) is 18.2 Å². The number of carbonyl (C=O) groups is 1. The summed E-state index contributed by atoms with van der Waals surface area (Å²) in [5, 5.41) is 10.9. The van der Waals surface area contributed by atoms with Crippen LogP contribution in [0.1, 0.15) is 10.4 Å². The summed E-state index contributed by atoms with van der Waals surface area (Å²) < 4.78 is 5.02. The Bertz CT molecular complexity index is 473. The van der Waals surface area contributed by atoms with Gasteiger partial charge in [-0.3, -0.25) is 9.69 Å². The minimum absolute atomic E-state index is 0.0303. The van der Waals surface area contributed by atoms with E-state index in [1.165, 1.54) is 13.2 Å². The molecule has 1 aliphatic heterocycles. The molecular weight excluding hydrogens is 324 g/mol. The Morgan fingerprint density at radius 3 is 2.60 bits per heavy atom. The highest BCUT2D eigenvalue weighted by atomic mass is 79.9. The first-order valence-corrected chi connectivity index (χ1v) is 7.72. The molecule has 1 aromatic carbocycles. The third-order valence-electron chi connectivity index (χ3n) is 3.50. The lowest BCUT2D eigenvalue weighted by molar-refractivity contribution is 0.0642. The van der Waals surface area contributed by atoms with Gasteiger partial charge in [0, 0.05) is 44.1 Å². The molecule has 1 aromatic rings. The number of ether oxygens (including phenoxy) is 1. The third-order valence-corrected chi connectivity index (χ3v) is 3.85. The van der Waals surface area contributed by atoms with Gasteiger partial charge < -0.3 is 14.7 Å². The number of hydrogen-bond donors (Lipinski definition) is 1. The van der Waals surface area contributed by atoms with Gasteiger partial charge in [0.2, 0.25) is 0 Å². The fourth-order valence-corrected chi connectivity index (χ4v) is 2.79. The molecule has 1 heterocycles. The van der Waals surface area contributed by atoms with Crippen molar-refractivity contribution in [2.24, 2.45) is 0 Å². The number of methoxy groups -OCH3 is 1. The Kier molecular flexibility index (Phi) is 5.25. The van der Waals surface area contributed by atoms with E-state index in [1.54, 1.807) is 17.0 Å². The van der Waals surface area contributed by atoms with Gasteiger partial charge in [-0.2, -0.15) is 0 Å². The van der Waals surface area contributed by atoms with Crippen molar-refractivity contribution in [2.75, 3.05) is 45.2 Å². The molecule has 1 N–H and O–H groups in total. The van der Waals surface area contributed by atoms with Gasteiger partial charge in [-0.1, -0.05) is 15.9 Å². The molecule has 0 atom stereocenters. The molecule has 0 radical (unpaired) electrons. The highest BCUT2D eigenvalue weighted by molar-refractivity contribution is 9.09. The van der Waals surface area contributed by atoms with Crippen LogP contribution in [-0.4, -0.2) is 66.0 Å². The molecule has 2 rings (SSSR count). The SMILES string of the molecule is COc1ccc(C(=O)N2CCN(CCBr)CC2)c(O)c1. The van der Waals surface area contributed by atoms with Gasteiger partial charge in [-0.05, 0) is 12.1 Å². The Balaban J connectivity index is 2.02. The van der Waals surface area contributed by atoms with Crippen molar-refractivity contribution >= 4 is 21.8 Å². The Labute approximate surface area is 127 Å². The fourth-order valence-electron chi connectivity index (χ4n) is 2.28. The average molecular weight is 343 g/mol. The summed E-state index contributed by atoms with van der Waals surface area (Å²) in [6.07, 6.45) is 0. The van der Waals surface area contributed by atoms with Crippen LogP contribution in [0.3, 0.4) is 0 Å². The van der Waals surface area contributed by atoms with E-state index in [0.717, 1.165) is 25.0 Å². The second-order valence-electron chi connectivity index (χ2n) is 4.71. The van der Waals surface area contributed by atoms with Gasteiger partial charge in [-0.15, -0.1) is 0 Å². The lowest BCUT2D eigenvalue weighted by Crippen LogP contribution is -2.49. The van der Waals surface area contributed by atoms with Crippen LogP contribution in [0.4, 0.5) is 0 Å². The second kappa shape index (κ2) is 6.95. The molecule has 0 bridgehead atoms. The molecule has 0 aromatic heterocycles. The predicted octanol–water partition coefficient (Wildman–Crippen LogP) is 1.55. The van der Waals surface area contributed by atoms with Crippen LogP contribution in [0.5, 0.6) is 11.5 Å². The van der Waals surface area contributed by atoms with Crippen molar-refractivity contribution < 1.29 is 14.6 Å². The molecule has 1 fully saturated rings. The zero-order chi connectivity index (χ0) is 14.5. The van der Waals surface area contributed by atoms with E-state index in [9.17, 15) is 9.90 Å². The van der Waals surface area contributed by atoms with Crippen molar-refractivity contribution in [3.05, 3.63) is 23.8 Å². The first kappa shape index (κ1) is 15.1. The summed E-state index contributed by atoms with van der Waals surface area (Å²) >= 11 is 3.42. The number of hydrogen-bond acceptors (Lipinski definition) is 4. The molecule has 5 nitrogen and oxygen atoms in total. The summed E-state index contributed by atoms with van der Waals surface area (Å²) in [5.74, 6) is 0.391. The van der Waals surface area contributed by atoms with E-state index in [2.05, 4.69) is 20.8 Å². The normalized spacial score (nSPS) is 16.2. The first-order valence-electron chi connectivity index (χ1n) is 6.60. The monoisotopic (exact) mass is 342 g/mol. The molecule has 0 saturated carbocycles. The van der Waals surface area contributed by atoms with Gasteiger partial charge in [0.15, 0.2) is 0 Å². The van der Waals surface area contributed by atoms with Crippen LogP contribution in [0.25, 0.3) is 0 Å². The van der Waals surface area contributed by atoms with E-state index < -0.39 is 0 Å². The van der Waals surface area contributed by atoms with Crippen LogP contribution >= 0.6 is 15.9 Å². The number of benzene rings is 1. The molecular formula is C14H19BrN2O3. The fraction of sp³-hybridized carbons (Fsp3) is 0.500. The Hall–Kier alpha value is -1.27. The minimum atomic E-state index is -0.122. The predicted molar refractivity (Wildman–Crippen MR) is 80.8 cm³/mol. The number of piperazine rings is 1. The number of rotatable bonds is 4. The maximum Gasteiger partial charge on any atom is 0.257 e. The quantitative estimate of drug-likeness (QED) is 0.843. The summed E-state index contributed by atoms with van der Waals surface area (Å²) in [4.78, 5) is 16.5. The molecule has 1 aliphatic rings.